The Morgan fingerprint density at radius 3 is 2.81 bits per heavy atom. The first-order valence-corrected chi connectivity index (χ1v) is 10.0. The quantitative estimate of drug-likeness (QED) is 0.775. The lowest BCUT2D eigenvalue weighted by Gasteiger charge is -2.40. The molecule has 2 heterocycles. The van der Waals surface area contributed by atoms with Gasteiger partial charge in [0.1, 0.15) is 5.82 Å². The fraction of sp³-hybridized carbons (Fsp3) is 0.238. The lowest BCUT2D eigenvalue weighted by atomic mass is 9.78. The van der Waals surface area contributed by atoms with Gasteiger partial charge in [0.2, 0.25) is 0 Å². The minimum absolute atomic E-state index is 0.0968. The van der Waals surface area contributed by atoms with Crippen LogP contribution in [0.1, 0.15) is 35.6 Å². The SMILES string of the molecule is Cc1c(Cl)cccc1N1C(N)=C(C#N)C(c2cccs2)C2=C1CCCC2=O. The summed E-state index contributed by atoms with van der Waals surface area (Å²) in [6, 6.07) is 11.8. The lowest BCUT2D eigenvalue weighted by Crippen LogP contribution is -2.38. The molecule has 0 amide bonds. The number of allylic oxidation sites excluding steroid dienone is 3. The molecule has 2 aromatic rings. The van der Waals surface area contributed by atoms with Gasteiger partial charge >= 0.3 is 0 Å². The topological polar surface area (TPSA) is 70.1 Å². The molecule has 4 nitrogen and oxygen atoms in total. The van der Waals surface area contributed by atoms with Crippen molar-refractivity contribution in [2.75, 3.05) is 4.90 Å². The van der Waals surface area contributed by atoms with Gasteiger partial charge in [0.15, 0.2) is 5.78 Å². The van der Waals surface area contributed by atoms with Gasteiger partial charge in [0, 0.05) is 27.6 Å². The summed E-state index contributed by atoms with van der Waals surface area (Å²) < 4.78 is 0. The number of halogens is 1. The molecule has 0 fully saturated rings. The highest BCUT2D eigenvalue weighted by Gasteiger charge is 2.41. The highest BCUT2D eigenvalue weighted by atomic mass is 35.5. The number of carbonyl (C=O) groups is 1. The van der Waals surface area contributed by atoms with Gasteiger partial charge in [-0.3, -0.25) is 9.69 Å². The standard InChI is InChI=1S/C21H18ClN3OS/c1-12-14(22)5-2-6-15(12)25-16-7-3-8-17(26)20(16)19(13(11-23)21(25)24)18-9-4-10-27-18/h2,4-6,9-10,19H,3,7-8,24H2,1H3. The monoisotopic (exact) mass is 395 g/mol. The van der Waals surface area contributed by atoms with E-state index in [1.165, 1.54) is 0 Å². The van der Waals surface area contributed by atoms with Crippen molar-refractivity contribution in [3.8, 4) is 6.07 Å². The van der Waals surface area contributed by atoms with Gasteiger partial charge in [0.05, 0.1) is 23.2 Å². The van der Waals surface area contributed by atoms with Crippen LogP contribution in [0.3, 0.4) is 0 Å². The number of hydrogen-bond donors (Lipinski definition) is 1. The molecule has 0 radical (unpaired) electrons. The third kappa shape index (κ3) is 2.77. The summed E-state index contributed by atoms with van der Waals surface area (Å²) in [6.45, 7) is 1.92. The average molecular weight is 396 g/mol. The number of benzene rings is 1. The Morgan fingerprint density at radius 1 is 1.30 bits per heavy atom. The molecular weight excluding hydrogens is 378 g/mol. The van der Waals surface area contributed by atoms with Crippen molar-refractivity contribution in [1.29, 1.82) is 5.26 Å². The zero-order chi connectivity index (χ0) is 19.1. The Morgan fingerprint density at radius 2 is 2.11 bits per heavy atom. The van der Waals surface area contributed by atoms with Crippen LogP contribution in [0.4, 0.5) is 5.69 Å². The van der Waals surface area contributed by atoms with Crippen LogP contribution >= 0.6 is 22.9 Å². The lowest BCUT2D eigenvalue weighted by molar-refractivity contribution is -0.116. The maximum Gasteiger partial charge on any atom is 0.161 e. The predicted octanol–water partition coefficient (Wildman–Crippen LogP) is 5.01. The molecule has 27 heavy (non-hydrogen) atoms. The third-order valence-corrected chi connectivity index (χ3v) is 6.57. The van der Waals surface area contributed by atoms with E-state index in [4.69, 9.17) is 17.3 Å². The van der Waals surface area contributed by atoms with Crippen molar-refractivity contribution in [2.45, 2.75) is 32.1 Å². The Balaban J connectivity index is 2.01. The van der Waals surface area contributed by atoms with E-state index < -0.39 is 0 Å². The number of hydrogen-bond acceptors (Lipinski definition) is 5. The fourth-order valence-electron chi connectivity index (χ4n) is 3.94. The molecule has 1 unspecified atom stereocenters. The Labute approximate surface area is 167 Å². The van der Waals surface area contributed by atoms with Gasteiger partial charge in [-0.05, 0) is 48.9 Å². The molecule has 1 atom stereocenters. The summed E-state index contributed by atoms with van der Waals surface area (Å²) >= 11 is 7.88. The Kier molecular flexibility index (Phi) is 4.55. The minimum atomic E-state index is -0.381. The highest BCUT2D eigenvalue weighted by molar-refractivity contribution is 7.10. The second-order valence-electron chi connectivity index (χ2n) is 6.72. The van der Waals surface area contributed by atoms with Crippen molar-refractivity contribution < 1.29 is 4.79 Å². The summed E-state index contributed by atoms with van der Waals surface area (Å²) in [7, 11) is 0. The number of Topliss-reactive ketones (excluding diaryl/α,β-unsaturated/α-hetero) is 1. The maximum atomic E-state index is 13.0. The van der Waals surface area contributed by atoms with Gasteiger partial charge in [-0.1, -0.05) is 23.7 Å². The second kappa shape index (κ2) is 6.88. The van der Waals surface area contributed by atoms with Crippen molar-refractivity contribution in [3.63, 3.8) is 0 Å². The summed E-state index contributed by atoms with van der Waals surface area (Å²) in [5, 5.41) is 12.5. The van der Waals surface area contributed by atoms with Crippen LogP contribution in [0.5, 0.6) is 0 Å². The van der Waals surface area contributed by atoms with E-state index in [0.717, 1.165) is 34.7 Å². The van der Waals surface area contributed by atoms with Crippen molar-refractivity contribution in [3.05, 3.63) is 73.8 Å². The van der Waals surface area contributed by atoms with Crippen LogP contribution in [0.25, 0.3) is 0 Å². The predicted molar refractivity (Wildman–Crippen MR) is 108 cm³/mol. The van der Waals surface area contributed by atoms with Crippen molar-refractivity contribution >= 4 is 34.4 Å². The Hall–Kier alpha value is -2.55. The van der Waals surface area contributed by atoms with E-state index >= 15 is 0 Å². The van der Waals surface area contributed by atoms with Crippen LogP contribution in [0, 0.1) is 18.3 Å². The molecule has 0 spiro atoms. The maximum absolute atomic E-state index is 13.0. The molecule has 2 aliphatic rings. The molecule has 1 aliphatic carbocycles. The van der Waals surface area contributed by atoms with Crippen LogP contribution < -0.4 is 10.6 Å². The molecule has 6 heteroatoms. The molecule has 1 aromatic carbocycles. The van der Waals surface area contributed by atoms with Gasteiger partial charge in [-0.15, -0.1) is 11.3 Å². The molecule has 0 saturated heterocycles. The van der Waals surface area contributed by atoms with E-state index in [1.807, 2.05) is 47.5 Å². The van der Waals surface area contributed by atoms with E-state index in [-0.39, 0.29) is 11.7 Å². The zero-order valence-electron chi connectivity index (χ0n) is 14.8. The molecule has 1 aliphatic heterocycles. The minimum Gasteiger partial charge on any atom is -0.384 e. The number of carbonyl (C=O) groups excluding carboxylic acids is 1. The Bertz CT molecular complexity index is 1030. The number of nitrogens with two attached hydrogens (primary N) is 1. The second-order valence-corrected chi connectivity index (χ2v) is 8.10. The number of thiophene rings is 1. The van der Waals surface area contributed by atoms with E-state index in [0.29, 0.717) is 28.4 Å². The highest BCUT2D eigenvalue weighted by Crippen LogP contribution is 2.48. The number of ketones is 1. The summed E-state index contributed by atoms with van der Waals surface area (Å²) in [4.78, 5) is 15.8. The summed E-state index contributed by atoms with van der Waals surface area (Å²) in [6.07, 6.45) is 2.02. The molecule has 0 saturated carbocycles. The first-order chi connectivity index (χ1) is 13.0. The first-order valence-electron chi connectivity index (χ1n) is 8.79. The van der Waals surface area contributed by atoms with Gasteiger partial charge in [0.25, 0.3) is 0 Å². The fourth-order valence-corrected chi connectivity index (χ4v) is 4.95. The van der Waals surface area contributed by atoms with E-state index in [1.54, 1.807) is 11.3 Å². The van der Waals surface area contributed by atoms with E-state index in [2.05, 4.69) is 6.07 Å². The zero-order valence-corrected chi connectivity index (χ0v) is 16.4. The number of nitrogens with zero attached hydrogens (tertiary/aromatic N) is 2. The van der Waals surface area contributed by atoms with E-state index in [9.17, 15) is 10.1 Å². The van der Waals surface area contributed by atoms with Crippen molar-refractivity contribution in [2.24, 2.45) is 5.73 Å². The largest absolute Gasteiger partial charge is 0.384 e. The normalized spacial score (nSPS) is 20.0. The van der Waals surface area contributed by atoms with Gasteiger partial charge < -0.3 is 5.73 Å². The average Bonchev–Trinajstić information content (AvgIpc) is 3.18. The molecular formula is C21H18ClN3OS. The number of rotatable bonds is 2. The number of anilines is 1. The summed E-state index contributed by atoms with van der Waals surface area (Å²) in [5.41, 5.74) is 10.2. The number of nitriles is 1. The van der Waals surface area contributed by atoms with Crippen LogP contribution in [-0.2, 0) is 4.79 Å². The molecule has 4 rings (SSSR count). The molecule has 2 N–H and O–H groups in total. The van der Waals surface area contributed by atoms with Crippen molar-refractivity contribution in [1.82, 2.24) is 0 Å². The third-order valence-electron chi connectivity index (χ3n) is 5.22. The van der Waals surface area contributed by atoms with Gasteiger partial charge in [-0.25, -0.2) is 0 Å². The molecule has 0 bridgehead atoms. The van der Waals surface area contributed by atoms with Crippen LogP contribution in [-0.4, -0.2) is 5.78 Å². The summed E-state index contributed by atoms with van der Waals surface area (Å²) in [5.74, 6) is 0.0999. The van der Waals surface area contributed by atoms with Crippen LogP contribution in [0.2, 0.25) is 5.02 Å². The molecule has 136 valence electrons. The van der Waals surface area contributed by atoms with Crippen LogP contribution in [0.15, 0.2) is 58.4 Å². The smallest absolute Gasteiger partial charge is 0.161 e. The van der Waals surface area contributed by atoms with Gasteiger partial charge in [-0.2, -0.15) is 5.26 Å². The first kappa shape index (κ1) is 17.8. The molecule has 1 aromatic heterocycles.